The van der Waals surface area contributed by atoms with Crippen molar-refractivity contribution in [2.45, 2.75) is 6.92 Å². The van der Waals surface area contributed by atoms with Crippen molar-refractivity contribution >= 4 is 51.5 Å². The number of hydrogen-bond acceptors (Lipinski definition) is 5. The molecule has 0 aliphatic heterocycles. The van der Waals surface area contributed by atoms with Crippen LogP contribution in [0.5, 0.6) is 5.75 Å². The molecule has 33 heavy (non-hydrogen) atoms. The predicted octanol–water partition coefficient (Wildman–Crippen LogP) is 4.51. The van der Waals surface area contributed by atoms with Crippen molar-refractivity contribution in [3.05, 3.63) is 98.5 Å². The molecule has 0 atom stereocenters. The minimum absolute atomic E-state index is 0.275. The summed E-state index contributed by atoms with van der Waals surface area (Å²) < 4.78 is 6.24. The van der Waals surface area contributed by atoms with Crippen LogP contribution in [0.2, 0.25) is 5.02 Å². The first kappa shape index (κ1) is 24.2. The fraction of sp³-hybridized carbons (Fsp3) is 0.0833. The molecule has 0 saturated carbocycles. The Balaban J connectivity index is 1.60. The molecule has 2 amide bonds. The van der Waals surface area contributed by atoms with Crippen molar-refractivity contribution in [3.8, 4) is 5.75 Å². The summed E-state index contributed by atoms with van der Waals surface area (Å²) in [5.41, 5.74) is 4.49. The molecule has 3 aromatic carbocycles. The molecule has 0 saturated heterocycles. The van der Waals surface area contributed by atoms with Gasteiger partial charge in [-0.05, 0) is 55.5 Å². The van der Waals surface area contributed by atoms with Gasteiger partial charge in [-0.15, -0.1) is 0 Å². The highest BCUT2D eigenvalue weighted by atomic mass is 79.9. The van der Waals surface area contributed by atoms with Crippen LogP contribution in [0.3, 0.4) is 0 Å². The van der Waals surface area contributed by atoms with Crippen LogP contribution < -0.4 is 15.5 Å². The molecule has 0 bridgehead atoms. The monoisotopic (exact) mass is 527 g/mol. The second-order valence-corrected chi connectivity index (χ2v) is 8.28. The zero-order valence-electron chi connectivity index (χ0n) is 17.5. The Morgan fingerprint density at radius 1 is 1.03 bits per heavy atom. The van der Waals surface area contributed by atoms with Gasteiger partial charge in [0.2, 0.25) is 0 Å². The van der Waals surface area contributed by atoms with Crippen LogP contribution in [0.15, 0.2) is 76.3 Å². The maximum atomic E-state index is 12.5. The molecule has 2 N–H and O–H groups in total. The van der Waals surface area contributed by atoms with E-state index in [1.54, 1.807) is 54.6 Å². The van der Waals surface area contributed by atoms with Crippen molar-refractivity contribution in [2.75, 3.05) is 6.54 Å². The van der Waals surface area contributed by atoms with Crippen molar-refractivity contribution in [2.24, 2.45) is 5.10 Å². The van der Waals surface area contributed by atoms with E-state index < -0.39 is 17.8 Å². The van der Waals surface area contributed by atoms with Crippen LogP contribution in [-0.2, 0) is 4.79 Å². The SMILES string of the molecule is Cc1cccc(C(=O)Oc2ccc(Br)cc2/C=N/NC(=O)CNC(=O)c2cccc(Cl)c2)c1. The summed E-state index contributed by atoms with van der Waals surface area (Å²) in [6.07, 6.45) is 1.35. The average Bonchev–Trinajstić information content (AvgIpc) is 2.79. The average molecular weight is 529 g/mol. The van der Waals surface area contributed by atoms with E-state index in [1.165, 1.54) is 12.3 Å². The lowest BCUT2D eigenvalue weighted by atomic mass is 10.1. The highest BCUT2D eigenvalue weighted by molar-refractivity contribution is 9.10. The van der Waals surface area contributed by atoms with Crippen LogP contribution in [0.1, 0.15) is 31.8 Å². The van der Waals surface area contributed by atoms with Gasteiger partial charge in [0, 0.05) is 20.6 Å². The smallest absolute Gasteiger partial charge is 0.343 e. The van der Waals surface area contributed by atoms with Crippen LogP contribution in [-0.4, -0.2) is 30.5 Å². The number of nitrogens with zero attached hydrogens (tertiary/aromatic N) is 1. The second-order valence-electron chi connectivity index (χ2n) is 6.93. The molecule has 168 valence electrons. The highest BCUT2D eigenvalue weighted by Gasteiger charge is 2.12. The molecule has 0 aromatic heterocycles. The largest absolute Gasteiger partial charge is 0.422 e. The first-order chi connectivity index (χ1) is 15.8. The molecule has 9 heteroatoms. The summed E-state index contributed by atoms with van der Waals surface area (Å²) in [4.78, 5) is 36.6. The lowest BCUT2D eigenvalue weighted by molar-refractivity contribution is -0.120. The van der Waals surface area contributed by atoms with Gasteiger partial charge in [-0.3, -0.25) is 9.59 Å². The Bertz CT molecular complexity index is 1230. The molecule has 3 rings (SSSR count). The zero-order chi connectivity index (χ0) is 23.8. The minimum atomic E-state index is -0.532. The molecule has 0 fully saturated rings. The van der Waals surface area contributed by atoms with E-state index in [4.69, 9.17) is 16.3 Å². The highest BCUT2D eigenvalue weighted by Crippen LogP contribution is 2.23. The van der Waals surface area contributed by atoms with E-state index in [1.807, 2.05) is 13.0 Å². The number of hydrazone groups is 1. The Kier molecular flexibility index (Phi) is 8.34. The standard InChI is InChI=1S/C24H19BrClN3O4/c1-15-4-2-6-17(10-15)24(32)33-21-9-8-19(25)11-18(21)13-28-29-22(30)14-27-23(31)16-5-3-7-20(26)12-16/h2-13H,14H2,1H3,(H,27,31)(H,29,30)/b28-13+. The fourth-order valence-corrected chi connectivity index (χ4v) is 3.32. The van der Waals surface area contributed by atoms with E-state index in [-0.39, 0.29) is 12.3 Å². The summed E-state index contributed by atoms with van der Waals surface area (Å²) in [6, 6.07) is 18.5. The molecular weight excluding hydrogens is 510 g/mol. The van der Waals surface area contributed by atoms with E-state index in [0.717, 1.165) is 10.0 Å². The molecule has 0 spiro atoms. The summed E-state index contributed by atoms with van der Waals surface area (Å²) in [5, 5.41) is 6.80. The molecule has 0 unspecified atom stereocenters. The van der Waals surface area contributed by atoms with Gasteiger partial charge in [-0.25, -0.2) is 10.2 Å². The van der Waals surface area contributed by atoms with Gasteiger partial charge in [0.15, 0.2) is 0 Å². The topological polar surface area (TPSA) is 96.9 Å². The molecule has 0 radical (unpaired) electrons. The quantitative estimate of drug-likeness (QED) is 0.204. The Morgan fingerprint density at radius 2 is 1.79 bits per heavy atom. The maximum absolute atomic E-state index is 12.5. The second kappa shape index (κ2) is 11.4. The lowest BCUT2D eigenvalue weighted by Gasteiger charge is -2.08. The number of rotatable bonds is 7. The Morgan fingerprint density at radius 3 is 2.55 bits per heavy atom. The molecule has 3 aromatic rings. The van der Waals surface area contributed by atoms with Crippen LogP contribution in [0, 0.1) is 6.92 Å². The van der Waals surface area contributed by atoms with Gasteiger partial charge < -0.3 is 10.1 Å². The molecule has 0 aliphatic rings. The van der Waals surface area contributed by atoms with Crippen LogP contribution in [0.25, 0.3) is 0 Å². The molecular formula is C24H19BrClN3O4. The van der Waals surface area contributed by atoms with Gasteiger partial charge in [-0.1, -0.05) is 51.3 Å². The van der Waals surface area contributed by atoms with Crippen molar-refractivity contribution in [1.29, 1.82) is 0 Å². The normalized spacial score (nSPS) is 10.6. The third kappa shape index (κ3) is 7.27. The number of benzene rings is 3. The lowest BCUT2D eigenvalue weighted by Crippen LogP contribution is -2.34. The third-order valence-electron chi connectivity index (χ3n) is 4.32. The number of aryl methyl sites for hydroxylation is 1. The number of esters is 1. The van der Waals surface area contributed by atoms with Gasteiger partial charge in [0.05, 0.1) is 18.3 Å². The van der Waals surface area contributed by atoms with Crippen molar-refractivity contribution in [1.82, 2.24) is 10.7 Å². The Hall–Kier alpha value is -3.49. The van der Waals surface area contributed by atoms with Gasteiger partial charge in [0.25, 0.3) is 11.8 Å². The first-order valence-electron chi connectivity index (χ1n) is 9.76. The third-order valence-corrected chi connectivity index (χ3v) is 5.05. The van der Waals surface area contributed by atoms with Crippen LogP contribution in [0.4, 0.5) is 0 Å². The number of carbonyl (C=O) groups excluding carboxylic acids is 3. The number of halogens is 2. The summed E-state index contributed by atoms with van der Waals surface area (Å²) in [5.74, 6) is -1.20. The summed E-state index contributed by atoms with van der Waals surface area (Å²) in [6.45, 7) is 1.60. The van der Waals surface area contributed by atoms with Gasteiger partial charge >= 0.3 is 5.97 Å². The van der Waals surface area contributed by atoms with Crippen LogP contribution >= 0.6 is 27.5 Å². The summed E-state index contributed by atoms with van der Waals surface area (Å²) >= 11 is 9.22. The Labute approximate surface area is 203 Å². The molecule has 0 heterocycles. The molecule has 0 aliphatic carbocycles. The fourth-order valence-electron chi connectivity index (χ4n) is 2.75. The van der Waals surface area contributed by atoms with E-state index in [0.29, 0.717) is 21.7 Å². The van der Waals surface area contributed by atoms with E-state index >= 15 is 0 Å². The number of hydrogen-bond donors (Lipinski definition) is 2. The first-order valence-corrected chi connectivity index (χ1v) is 10.9. The van der Waals surface area contributed by atoms with E-state index in [9.17, 15) is 14.4 Å². The number of nitrogens with one attached hydrogen (secondary N) is 2. The molecule has 7 nitrogen and oxygen atoms in total. The predicted molar refractivity (Wildman–Crippen MR) is 130 cm³/mol. The van der Waals surface area contributed by atoms with Gasteiger partial charge in [-0.2, -0.15) is 5.10 Å². The van der Waals surface area contributed by atoms with E-state index in [2.05, 4.69) is 31.8 Å². The zero-order valence-corrected chi connectivity index (χ0v) is 19.8. The minimum Gasteiger partial charge on any atom is -0.422 e. The number of amides is 2. The van der Waals surface area contributed by atoms with Crippen molar-refractivity contribution in [3.63, 3.8) is 0 Å². The summed E-state index contributed by atoms with van der Waals surface area (Å²) in [7, 11) is 0. The van der Waals surface area contributed by atoms with Gasteiger partial charge in [0.1, 0.15) is 5.75 Å². The van der Waals surface area contributed by atoms with Crippen molar-refractivity contribution < 1.29 is 19.1 Å². The maximum Gasteiger partial charge on any atom is 0.343 e. The number of carbonyl (C=O) groups is 3. The number of ether oxygens (including phenoxy) is 1.